The molecule has 1 heterocycles. The molecule has 1 aromatic heterocycles. The van der Waals surface area contributed by atoms with Crippen molar-refractivity contribution in [1.82, 2.24) is 9.97 Å². The Kier molecular flexibility index (Phi) is 2.33. The van der Waals surface area contributed by atoms with Crippen LogP contribution in [0.4, 0.5) is 0 Å². The highest BCUT2D eigenvalue weighted by Crippen LogP contribution is 2.12. The Morgan fingerprint density at radius 3 is 3.23 bits per heavy atom. The van der Waals surface area contributed by atoms with Crippen LogP contribution in [0.5, 0.6) is 0 Å². The van der Waals surface area contributed by atoms with Crippen LogP contribution in [0, 0.1) is 11.8 Å². The maximum atomic E-state index is 4.20. The first kappa shape index (κ1) is 8.33. The van der Waals surface area contributed by atoms with Gasteiger partial charge in [-0.3, -0.25) is 0 Å². The first-order valence-electron chi connectivity index (χ1n) is 3.89. The third-order valence-electron chi connectivity index (χ3n) is 1.74. The highest BCUT2D eigenvalue weighted by atomic mass is 79.9. The molecule has 0 unspecified atom stereocenters. The van der Waals surface area contributed by atoms with E-state index in [1.165, 1.54) is 0 Å². The van der Waals surface area contributed by atoms with E-state index < -0.39 is 0 Å². The molecule has 2 nitrogen and oxygen atoms in total. The third kappa shape index (κ3) is 1.58. The summed E-state index contributed by atoms with van der Waals surface area (Å²) in [6.07, 6.45) is 1.68. The topological polar surface area (TPSA) is 28.7 Å². The first-order valence-corrected chi connectivity index (χ1v) is 5.01. The monoisotopic (exact) mass is 234 g/mol. The van der Waals surface area contributed by atoms with Crippen LogP contribution in [-0.4, -0.2) is 15.3 Å². The number of nitrogens with zero attached hydrogens (tertiary/aromatic N) is 1. The van der Waals surface area contributed by atoms with Gasteiger partial charge in [0.25, 0.3) is 0 Å². The van der Waals surface area contributed by atoms with Crippen LogP contribution in [0.3, 0.4) is 0 Å². The van der Waals surface area contributed by atoms with Crippen molar-refractivity contribution in [3.63, 3.8) is 0 Å². The Labute approximate surface area is 84.5 Å². The summed E-state index contributed by atoms with van der Waals surface area (Å²) in [5, 5.41) is 0.688. The van der Waals surface area contributed by atoms with Gasteiger partial charge in [-0.2, -0.15) is 0 Å². The van der Waals surface area contributed by atoms with Gasteiger partial charge in [0.2, 0.25) is 0 Å². The number of aromatic amines is 1. The number of nitrogens with one attached hydrogen (secondary N) is 1. The van der Waals surface area contributed by atoms with E-state index in [2.05, 4.69) is 37.7 Å². The van der Waals surface area contributed by atoms with Gasteiger partial charge in [0, 0.05) is 0 Å². The maximum Gasteiger partial charge on any atom is 0.104 e. The summed E-state index contributed by atoms with van der Waals surface area (Å²) in [6, 6.07) is 5.93. The average Bonchev–Trinajstić information content (AvgIpc) is 2.62. The highest BCUT2D eigenvalue weighted by molar-refractivity contribution is 9.09. The predicted molar refractivity (Wildman–Crippen MR) is 56.8 cm³/mol. The molecule has 64 valence electrons. The van der Waals surface area contributed by atoms with E-state index in [1.54, 1.807) is 6.33 Å². The molecule has 2 aromatic rings. The lowest BCUT2D eigenvalue weighted by Crippen LogP contribution is -1.77. The molecule has 0 saturated carbocycles. The lowest BCUT2D eigenvalue weighted by atomic mass is 10.2. The van der Waals surface area contributed by atoms with Crippen LogP contribution in [0.1, 0.15) is 5.56 Å². The molecular formula is C10H7BrN2. The van der Waals surface area contributed by atoms with Crippen LogP contribution in [-0.2, 0) is 0 Å². The molecule has 2 rings (SSSR count). The molecule has 0 radical (unpaired) electrons. The Morgan fingerprint density at radius 1 is 1.46 bits per heavy atom. The molecule has 0 atom stereocenters. The number of para-hydroxylation sites is 1. The molecule has 1 aromatic carbocycles. The molecule has 0 amide bonds. The SMILES string of the molecule is BrCC#Cc1cccc2[nH]cnc12. The number of H-pyrrole nitrogens is 1. The molecule has 13 heavy (non-hydrogen) atoms. The minimum atomic E-state index is 0.688. The molecule has 0 aliphatic carbocycles. The second-order valence-electron chi connectivity index (χ2n) is 2.54. The summed E-state index contributed by atoms with van der Waals surface area (Å²) in [5.74, 6) is 6.00. The maximum absolute atomic E-state index is 4.20. The number of fused-ring (bicyclic) bond motifs is 1. The van der Waals surface area contributed by atoms with Crippen LogP contribution in [0.2, 0.25) is 0 Å². The summed E-state index contributed by atoms with van der Waals surface area (Å²) in [6.45, 7) is 0. The van der Waals surface area contributed by atoms with E-state index in [0.717, 1.165) is 16.6 Å². The van der Waals surface area contributed by atoms with E-state index in [1.807, 2.05) is 18.2 Å². The van der Waals surface area contributed by atoms with Gasteiger partial charge in [-0.1, -0.05) is 33.8 Å². The number of benzene rings is 1. The standard InChI is InChI=1S/C10H7BrN2/c11-6-2-4-8-3-1-5-9-10(8)13-7-12-9/h1,3,5,7H,6H2,(H,12,13). The van der Waals surface area contributed by atoms with Crippen molar-refractivity contribution < 1.29 is 0 Å². The first-order chi connectivity index (χ1) is 6.42. The number of alkyl halides is 1. The van der Waals surface area contributed by atoms with Crippen molar-refractivity contribution in [3.8, 4) is 11.8 Å². The van der Waals surface area contributed by atoms with Crippen molar-refractivity contribution in [2.75, 3.05) is 5.33 Å². The van der Waals surface area contributed by atoms with E-state index in [9.17, 15) is 0 Å². The largest absolute Gasteiger partial charge is 0.345 e. The molecule has 0 bridgehead atoms. The van der Waals surface area contributed by atoms with E-state index >= 15 is 0 Å². The van der Waals surface area contributed by atoms with Crippen molar-refractivity contribution in [3.05, 3.63) is 30.1 Å². The number of rotatable bonds is 0. The van der Waals surface area contributed by atoms with Crippen molar-refractivity contribution >= 4 is 27.0 Å². The predicted octanol–water partition coefficient (Wildman–Crippen LogP) is 2.31. The smallest absolute Gasteiger partial charge is 0.104 e. The molecule has 0 fully saturated rings. The Bertz CT molecular complexity index is 476. The normalized spacial score (nSPS) is 9.62. The average molecular weight is 235 g/mol. The zero-order valence-electron chi connectivity index (χ0n) is 6.84. The van der Waals surface area contributed by atoms with Gasteiger partial charge < -0.3 is 4.98 Å². The minimum Gasteiger partial charge on any atom is -0.345 e. The molecular weight excluding hydrogens is 228 g/mol. The second-order valence-corrected chi connectivity index (χ2v) is 3.10. The number of hydrogen-bond acceptors (Lipinski definition) is 1. The van der Waals surface area contributed by atoms with Crippen molar-refractivity contribution in [2.24, 2.45) is 0 Å². The quantitative estimate of drug-likeness (QED) is 0.550. The lowest BCUT2D eigenvalue weighted by Gasteiger charge is -1.90. The zero-order chi connectivity index (χ0) is 9.10. The van der Waals surface area contributed by atoms with Gasteiger partial charge in [-0.15, -0.1) is 0 Å². The summed E-state index contributed by atoms with van der Waals surface area (Å²) < 4.78 is 0. The molecule has 1 N–H and O–H groups in total. The summed E-state index contributed by atoms with van der Waals surface area (Å²) in [7, 11) is 0. The van der Waals surface area contributed by atoms with Gasteiger partial charge in [-0.05, 0) is 12.1 Å². The van der Waals surface area contributed by atoms with Gasteiger partial charge >= 0.3 is 0 Å². The lowest BCUT2D eigenvalue weighted by molar-refractivity contribution is 1.34. The van der Waals surface area contributed by atoms with Crippen LogP contribution in [0.25, 0.3) is 11.0 Å². The van der Waals surface area contributed by atoms with E-state index in [-0.39, 0.29) is 0 Å². The van der Waals surface area contributed by atoms with Crippen LogP contribution in [0.15, 0.2) is 24.5 Å². The molecule has 0 aliphatic heterocycles. The molecule has 0 saturated heterocycles. The zero-order valence-corrected chi connectivity index (χ0v) is 8.43. The molecule has 0 aliphatic rings. The van der Waals surface area contributed by atoms with Crippen LogP contribution >= 0.6 is 15.9 Å². The summed E-state index contributed by atoms with van der Waals surface area (Å²) >= 11 is 3.26. The second kappa shape index (κ2) is 3.63. The number of hydrogen-bond donors (Lipinski definition) is 1. The van der Waals surface area contributed by atoms with Gasteiger partial charge in [0.05, 0.1) is 22.7 Å². The third-order valence-corrected chi connectivity index (χ3v) is 2.02. The number of halogens is 1. The summed E-state index contributed by atoms with van der Waals surface area (Å²) in [5.41, 5.74) is 2.94. The fraction of sp³-hybridized carbons (Fsp3) is 0.100. The van der Waals surface area contributed by atoms with Crippen LogP contribution < -0.4 is 0 Å². The summed E-state index contributed by atoms with van der Waals surface area (Å²) in [4.78, 5) is 7.24. The molecule has 3 heteroatoms. The fourth-order valence-electron chi connectivity index (χ4n) is 1.19. The highest BCUT2D eigenvalue weighted by Gasteiger charge is 1.98. The molecule has 0 spiro atoms. The fourth-order valence-corrected chi connectivity index (χ4v) is 1.34. The number of aromatic nitrogens is 2. The minimum absolute atomic E-state index is 0.688. The Morgan fingerprint density at radius 2 is 2.38 bits per heavy atom. The van der Waals surface area contributed by atoms with Gasteiger partial charge in [0.15, 0.2) is 0 Å². The Hall–Kier alpha value is -1.27. The van der Waals surface area contributed by atoms with E-state index in [4.69, 9.17) is 0 Å². The van der Waals surface area contributed by atoms with E-state index in [0.29, 0.717) is 5.33 Å². The van der Waals surface area contributed by atoms with Gasteiger partial charge in [-0.25, -0.2) is 4.98 Å². The van der Waals surface area contributed by atoms with Crippen molar-refractivity contribution in [2.45, 2.75) is 0 Å². The van der Waals surface area contributed by atoms with Gasteiger partial charge in [0.1, 0.15) is 5.52 Å². The number of imidazole rings is 1. The van der Waals surface area contributed by atoms with Crippen molar-refractivity contribution in [1.29, 1.82) is 0 Å². The Balaban J connectivity index is 2.61.